The molecule has 39 heavy (non-hydrogen) atoms. The summed E-state index contributed by atoms with van der Waals surface area (Å²) in [5.74, 6) is 0.308. The van der Waals surface area contributed by atoms with Crippen molar-refractivity contribution in [3.8, 4) is 0 Å². The van der Waals surface area contributed by atoms with E-state index in [0.29, 0.717) is 5.92 Å². The Hall–Kier alpha value is -4.15. The molecule has 0 aliphatic carbocycles. The maximum absolute atomic E-state index is 4.76. The van der Waals surface area contributed by atoms with Gasteiger partial charge in [-0.15, -0.1) is 0 Å². The molecule has 0 amide bonds. The molecule has 5 rings (SSSR count). The summed E-state index contributed by atoms with van der Waals surface area (Å²) >= 11 is 0. The molecule has 0 spiro atoms. The van der Waals surface area contributed by atoms with E-state index >= 15 is 0 Å². The Morgan fingerprint density at radius 3 is 2.00 bits per heavy atom. The molecule has 0 saturated heterocycles. The molecule has 2 nitrogen and oxygen atoms in total. The molecule has 5 aromatic rings. The van der Waals surface area contributed by atoms with Crippen LogP contribution in [0.2, 0.25) is 6.04 Å². The summed E-state index contributed by atoms with van der Waals surface area (Å²) < 4.78 is 2.38. The summed E-state index contributed by atoms with van der Waals surface area (Å²) in [6, 6.07) is 44.2. The van der Waals surface area contributed by atoms with Crippen molar-refractivity contribution in [1.82, 2.24) is 9.55 Å². The van der Waals surface area contributed by atoms with Crippen molar-refractivity contribution >= 4 is 34.1 Å². The minimum Gasteiger partial charge on any atom is -0.346 e. The molecule has 0 bridgehead atoms. The predicted octanol–water partition coefficient (Wildman–Crippen LogP) is 6.47. The minimum absolute atomic E-state index is 0.251. The van der Waals surface area contributed by atoms with Crippen molar-refractivity contribution in [2.24, 2.45) is 0 Å². The Labute approximate surface area is 235 Å². The monoisotopic (exact) mass is 522 g/mol. The first kappa shape index (κ1) is 26.5. The van der Waals surface area contributed by atoms with Gasteiger partial charge in [-0.25, -0.2) is 0 Å². The second-order valence-corrected chi connectivity index (χ2v) is 11.7. The molecule has 192 valence electrons. The van der Waals surface area contributed by atoms with Gasteiger partial charge in [0.2, 0.25) is 7.28 Å². The molecule has 1 heterocycles. The molecule has 4 heteroatoms. The first-order valence-electron chi connectivity index (χ1n) is 13.9. The van der Waals surface area contributed by atoms with Crippen LogP contribution in [0.25, 0.3) is 11.5 Å². The topological polar surface area (TPSA) is 17.8 Å². The van der Waals surface area contributed by atoms with Gasteiger partial charge in [0, 0.05) is 34.0 Å². The number of allylic oxidation sites excluding steroid dienone is 2. The fourth-order valence-electron chi connectivity index (χ4n) is 5.03. The van der Waals surface area contributed by atoms with Crippen molar-refractivity contribution in [1.29, 1.82) is 0 Å². The highest BCUT2D eigenvalue weighted by Gasteiger charge is 2.12. The number of rotatable bonds is 12. The number of hydrogen-bond acceptors (Lipinski definition) is 1. The summed E-state index contributed by atoms with van der Waals surface area (Å²) in [5.41, 5.74) is 7.62. The van der Waals surface area contributed by atoms with Crippen molar-refractivity contribution in [2.75, 3.05) is 0 Å². The number of nitrogens with zero attached hydrogens (tertiary/aromatic N) is 2. The van der Waals surface area contributed by atoms with Crippen molar-refractivity contribution in [2.45, 2.75) is 24.6 Å². The second-order valence-electron chi connectivity index (χ2n) is 9.88. The Kier molecular flexibility index (Phi) is 9.58. The summed E-state index contributed by atoms with van der Waals surface area (Å²) in [6.07, 6.45) is 13.5. The first-order valence-corrected chi connectivity index (χ1v) is 15.9. The maximum Gasteiger partial charge on any atom is 0.239 e. The van der Waals surface area contributed by atoms with E-state index in [1.54, 1.807) is 0 Å². The standard InChI is InChI=1S/C35H35BN2Si/c1-5-15-29(16-6-1)27-34(32-21-11-4-12-22-32)36-35-37-24-25-38(35)28-39-26-14-13-23-33(30-17-7-2-8-18-30)31-19-9-3-10-20-31/h1-13,15-25,27,33,36H,14,26,28,39H2. The number of hydrogen-bond donors (Lipinski definition) is 0. The lowest BCUT2D eigenvalue weighted by atomic mass is 9.65. The quantitative estimate of drug-likeness (QED) is 0.0795. The second kappa shape index (κ2) is 14.1. The lowest BCUT2D eigenvalue weighted by Gasteiger charge is -2.14. The highest BCUT2D eigenvalue weighted by Crippen LogP contribution is 2.26. The van der Waals surface area contributed by atoms with Crippen LogP contribution in [0.3, 0.4) is 0 Å². The average molecular weight is 523 g/mol. The van der Waals surface area contributed by atoms with Gasteiger partial charge in [-0.05, 0) is 28.7 Å². The van der Waals surface area contributed by atoms with Gasteiger partial charge in [0.15, 0.2) is 0 Å². The lowest BCUT2D eigenvalue weighted by Crippen LogP contribution is -2.29. The fraction of sp³-hybridized carbons (Fsp3) is 0.114. The van der Waals surface area contributed by atoms with Gasteiger partial charge in [0.25, 0.3) is 0 Å². The van der Waals surface area contributed by atoms with Gasteiger partial charge < -0.3 is 4.57 Å². The molecule has 0 fully saturated rings. The van der Waals surface area contributed by atoms with Crippen molar-refractivity contribution in [3.63, 3.8) is 0 Å². The van der Waals surface area contributed by atoms with E-state index < -0.39 is 0 Å². The molecule has 4 aromatic carbocycles. The lowest BCUT2D eigenvalue weighted by molar-refractivity contribution is 0.896. The van der Waals surface area contributed by atoms with Gasteiger partial charge >= 0.3 is 0 Å². The molecule has 0 unspecified atom stereocenters. The van der Waals surface area contributed by atoms with Crippen molar-refractivity contribution in [3.05, 3.63) is 168 Å². The minimum atomic E-state index is -0.251. The summed E-state index contributed by atoms with van der Waals surface area (Å²) in [5, 5.41) is 0. The van der Waals surface area contributed by atoms with E-state index in [1.165, 1.54) is 33.8 Å². The molecule has 0 atom stereocenters. The normalized spacial score (nSPS) is 12.1. The van der Waals surface area contributed by atoms with Crippen LogP contribution >= 0.6 is 0 Å². The van der Waals surface area contributed by atoms with Crippen molar-refractivity contribution < 1.29 is 0 Å². The third-order valence-electron chi connectivity index (χ3n) is 7.10. The van der Waals surface area contributed by atoms with Crippen LogP contribution < -0.4 is 5.72 Å². The highest BCUT2D eigenvalue weighted by atomic mass is 28.2. The zero-order valence-electron chi connectivity index (χ0n) is 22.4. The van der Waals surface area contributed by atoms with E-state index in [-0.39, 0.29) is 9.52 Å². The van der Waals surface area contributed by atoms with Gasteiger partial charge in [-0.2, -0.15) is 0 Å². The molecule has 0 saturated carbocycles. The van der Waals surface area contributed by atoms with Crippen LogP contribution in [0.15, 0.2) is 146 Å². The molecule has 0 N–H and O–H groups in total. The van der Waals surface area contributed by atoms with Crippen LogP contribution in [-0.2, 0) is 6.17 Å². The van der Waals surface area contributed by atoms with E-state index in [9.17, 15) is 0 Å². The largest absolute Gasteiger partial charge is 0.346 e. The Balaban J connectivity index is 1.20. The van der Waals surface area contributed by atoms with Gasteiger partial charge in [-0.3, -0.25) is 4.98 Å². The predicted molar refractivity (Wildman–Crippen MR) is 172 cm³/mol. The first-order chi connectivity index (χ1) is 19.4. The van der Waals surface area contributed by atoms with Crippen LogP contribution in [0, 0.1) is 0 Å². The molecule has 0 radical (unpaired) electrons. The molecule has 0 aliphatic rings. The molecule has 0 aliphatic heterocycles. The zero-order chi connectivity index (χ0) is 26.5. The number of imidazole rings is 1. The summed E-state index contributed by atoms with van der Waals surface area (Å²) in [4.78, 5) is 4.76. The van der Waals surface area contributed by atoms with E-state index in [4.69, 9.17) is 4.98 Å². The van der Waals surface area contributed by atoms with Crippen LogP contribution in [0.1, 0.15) is 34.6 Å². The Morgan fingerprint density at radius 1 is 0.769 bits per heavy atom. The van der Waals surface area contributed by atoms with Gasteiger partial charge in [-0.1, -0.05) is 151 Å². The smallest absolute Gasteiger partial charge is 0.239 e. The van der Waals surface area contributed by atoms with Crippen LogP contribution in [0.4, 0.5) is 0 Å². The SMILES string of the molecule is B(C(=Cc1ccccc1)c1ccccc1)c1nccn1C[SiH2]CCC=CC(c1ccccc1)c1ccccc1. The maximum atomic E-state index is 4.76. The summed E-state index contributed by atoms with van der Waals surface area (Å²) in [6.45, 7) is 0. The fourth-order valence-corrected chi connectivity index (χ4v) is 6.53. The third-order valence-corrected chi connectivity index (χ3v) is 8.81. The zero-order valence-corrected chi connectivity index (χ0v) is 23.9. The number of aromatic nitrogens is 2. The Morgan fingerprint density at radius 2 is 1.36 bits per heavy atom. The molecular formula is C35H35BN2Si. The average Bonchev–Trinajstić information content (AvgIpc) is 3.45. The van der Waals surface area contributed by atoms with E-state index in [1.807, 2.05) is 6.20 Å². The van der Waals surface area contributed by atoms with Gasteiger partial charge in [0.1, 0.15) is 0 Å². The van der Waals surface area contributed by atoms with E-state index in [0.717, 1.165) is 25.6 Å². The molecular weight excluding hydrogens is 487 g/mol. The Bertz CT molecular complexity index is 1420. The molecule has 1 aromatic heterocycles. The van der Waals surface area contributed by atoms with Crippen LogP contribution in [-0.4, -0.2) is 26.4 Å². The third kappa shape index (κ3) is 7.68. The van der Waals surface area contributed by atoms with Crippen LogP contribution in [0.5, 0.6) is 0 Å². The highest BCUT2D eigenvalue weighted by molar-refractivity contribution is 6.73. The summed E-state index contributed by atoms with van der Waals surface area (Å²) in [7, 11) is 0.578. The number of benzene rings is 4. The van der Waals surface area contributed by atoms with E-state index in [2.05, 4.69) is 150 Å². The van der Waals surface area contributed by atoms with Gasteiger partial charge in [0.05, 0.1) is 5.72 Å².